The van der Waals surface area contributed by atoms with Crippen molar-refractivity contribution >= 4 is 84.9 Å². The van der Waals surface area contributed by atoms with Crippen LogP contribution in [-0.4, -0.2) is 18.4 Å². The molecule has 4 aromatic rings. The Morgan fingerprint density at radius 2 is 1.65 bits per heavy atom. The van der Waals surface area contributed by atoms with E-state index in [1.807, 2.05) is 6.92 Å². The van der Waals surface area contributed by atoms with Crippen molar-refractivity contribution in [2.75, 3.05) is 4.72 Å². The number of sulfonamides is 1. The lowest BCUT2D eigenvalue weighted by atomic mass is 10.2. The molecular weight excluding hydrogens is 520 g/mol. The summed E-state index contributed by atoms with van der Waals surface area (Å²) in [4.78, 5) is 8.12. The van der Waals surface area contributed by atoms with Gasteiger partial charge in [0.1, 0.15) is 4.90 Å². The average molecular weight is 533 g/mol. The molecule has 0 aliphatic rings. The van der Waals surface area contributed by atoms with Gasteiger partial charge in [-0.2, -0.15) is 0 Å². The van der Waals surface area contributed by atoms with Crippen molar-refractivity contribution in [1.82, 2.24) is 9.97 Å². The number of nitrogens with zero attached hydrogens (tertiary/aromatic N) is 1. The molecule has 0 fully saturated rings. The van der Waals surface area contributed by atoms with Gasteiger partial charge in [-0.25, -0.2) is 13.4 Å². The third kappa shape index (κ3) is 4.92. The van der Waals surface area contributed by atoms with E-state index in [2.05, 4.69) is 14.7 Å². The first-order valence-corrected chi connectivity index (χ1v) is 12.5. The van der Waals surface area contributed by atoms with Crippen molar-refractivity contribution in [1.29, 1.82) is 0 Å². The highest BCUT2D eigenvalue weighted by atomic mass is 35.5. The molecule has 5 nitrogen and oxygen atoms in total. The summed E-state index contributed by atoms with van der Waals surface area (Å²) < 4.78 is 28.0. The van der Waals surface area contributed by atoms with E-state index in [9.17, 15) is 8.42 Å². The van der Waals surface area contributed by atoms with Gasteiger partial charge in [0.25, 0.3) is 10.0 Å². The van der Waals surface area contributed by atoms with Crippen LogP contribution >= 0.6 is 58.2 Å². The number of hydrogen-bond donors (Lipinski definition) is 2. The number of fused-ring (bicyclic) bond motifs is 1. The maximum Gasteiger partial charge on any atom is 0.263 e. The van der Waals surface area contributed by atoms with Gasteiger partial charge in [-0.3, -0.25) is 4.72 Å². The molecule has 2 N–H and O–H groups in total. The Bertz CT molecular complexity index is 1400. The molecular formula is C20H13Cl4N3O2S2. The number of rotatable bonds is 5. The predicted molar refractivity (Wildman–Crippen MR) is 129 cm³/mol. The van der Waals surface area contributed by atoms with Crippen LogP contribution in [0.4, 0.5) is 5.69 Å². The van der Waals surface area contributed by atoms with Crippen molar-refractivity contribution < 1.29 is 8.42 Å². The zero-order valence-corrected chi connectivity index (χ0v) is 20.4. The number of imidazole rings is 1. The Balaban J connectivity index is 1.62. The molecule has 31 heavy (non-hydrogen) atoms. The molecule has 0 unspecified atom stereocenters. The first kappa shape index (κ1) is 22.6. The van der Waals surface area contributed by atoms with E-state index in [0.717, 1.165) is 16.6 Å². The highest BCUT2D eigenvalue weighted by Gasteiger charge is 2.20. The van der Waals surface area contributed by atoms with Gasteiger partial charge < -0.3 is 4.98 Å². The van der Waals surface area contributed by atoms with E-state index < -0.39 is 10.0 Å². The molecule has 0 atom stereocenters. The van der Waals surface area contributed by atoms with E-state index in [1.165, 1.54) is 30.0 Å². The second-order valence-electron chi connectivity index (χ2n) is 6.61. The van der Waals surface area contributed by atoms with Crippen LogP contribution in [0, 0.1) is 6.92 Å². The van der Waals surface area contributed by atoms with Gasteiger partial charge in [-0.1, -0.05) is 52.5 Å². The molecule has 0 bridgehead atoms. The van der Waals surface area contributed by atoms with Gasteiger partial charge in [0, 0.05) is 5.02 Å². The number of anilines is 1. The quantitative estimate of drug-likeness (QED) is 0.280. The van der Waals surface area contributed by atoms with E-state index in [4.69, 9.17) is 46.4 Å². The maximum atomic E-state index is 12.7. The van der Waals surface area contributed by atoms with Crippen LogP contribution in [0.2, 0.25) is 20.1 Å². The minimum absolute atomic E-state index is 0.0357. The predicted octanol–water partition coefficient (Wildman–Crippen LogP) is 7.44. The molecule has 0 saturated heterocycles. The summed E-state index contributed by atoms with van der Waals surface area (Å²) in [6, 6.07) is 13.0. The molecule has 4 rings (SSSR count). The minimum atomic E-state index is -3.92. The molecule has 0 saturated carbocycles. The third-order valence-corrected chi connectivity index (χ3v) is 8.20. The van der Waals surface area contributed by atoms with Crippen LogP contribution in [0.25, 0.3) is 11.0 Å². The molecule has 160 valence electrons. The zero-order chi connectivity index (χ0) is 22.3. The summed E-state index contributed by atoms with van der Waals surface area (Å²) in [5.74, 6) is 0. The molecule has 11 heteroatoms. The summed E-state index contributed by atoms with van der Waals surface area (Å²) in [7, 11) is -3.92. The Morgan fingerprint density at radius 1 is 0.935 bits per heavy atom. The smallest absolute Gasteiger partial charge is 0.263 e. The molecule has 0 amide bonds. The van der Waals surface area contributed by atoms with E-state index >= 15 is 0 Å². The van der Waals surface area contributed by atoms with Crippen LogP contribution in [0.5, 0.6) is 0 Å². The number of aromatic nitrogens is 2. The van der Waals surface area contributed by atoms with Gasteiger partial charge in [-0.05, 0) is 66.7 Å². The number of aromatic amines is 1. The molecule has 1 aromatic heterocycles. The van der Waals surface area contributed by atoms with E-state index in [0.29, 0.717) is 15.1 Å². The molecule has 0 aliphatic carbocycles. The van der Waals surface area contributed by atoms with Gasteiger partial charge in [0.2, 0.25) is 0 Å². The molecule has 0 radical (unpaired) electrons. The van der Waals surface area contributed by atoms with Crippen LogP contribution in [0.3, 0.4) is 0 Å². The molecule has 3 aromatic carbocycles. The summed E-state index contributed by atoms with van der Waals surface area (Å²) in [5.41, 5.74) is 2.59. The lowest BCUT2D eigenvalue weighted by Crippen LogP contribution is -2.13. The Kier molecular flexibility index (Phi) is 6.36. The number of nitrogens with one attached hydrogen (secondary N) is 2. The fourth-order valence-corrected chi connectivity index (χ4v) is 6.20. The van der Waals surface area contributed by atoms with Gasteiger partial charge in [0.05, 0.1) is 36.7 Å². The largest absolute Gasteiger partial charge is 0.333 e. The van der Waals surface area contributed by atoms with Gasteiger partial charge in [-0.15, -0.1) is 0 Å². The fourth-order valence-electron chi connectivity index (χ4n) is 2.85. The number of hydrogen-bond acceptors (Lipinski definition) is 4. The van der Waals surface area contributed by atoms with E-state index in [1.54, 1.807) is 30.3 Å². The number of benzene rings is 3. The molecule has 0 aliphatic heterocycles. The highest BCUT2D eigenvalue weighted by molar-refractivity contribution is 7.99. The molecule has 0 spiro atoms. The number of H-pyrrole nitrogens is 1. The summed E-state index contributed by atoms with van der Waals surface area (Å²) in [5, 5.41) is 1.82. The van der Waals surface area contributed by atoms with E-state index in [-0.39, 0.29) is 25.7 Å². The number of aryl methyl sites for hydroxylation is 1. The summed E-state index contributed by atoms with van der Waals surface area (Å²) in [6.07, 6.45) is 0. The zero-order valence-electron chi connectivity index (χ0n) is 15.7. The van der Waals surface area contributed by atoms with Crippen LogP contribution in [0.1, 0.15) is 5.56 Å². The molecule has 1 heterocycles. The minimum Gasteiger partial charge on any atom is -0.333 e. The van der Waals surface area contributed by atoms with Crippen molar-refractivity contribution in [3.63, 3.8) is 0 Å². The van der Waals surface area contributed by atoms with Gasteiger partial charge >= 0.3 is 0 Å². The topological polar surface area (TPSA) is 74.8 Å². The Hall–Kier alpha value is -1.61. The van der Waals surface area contributed by atoms with Crippen LogP contribution in [-0.2, 0) is 10.0 Å². The van der Waals surface area contributed by atoms with Crippen molar-refractivity contribution in [3.05, 3.63) is 74.2 Å². The summed E-state index contributed by atoms with van der Waals surface area (Å²) in [6.45, 7) is 1.82. The summed E-state index contributed by atoms with van der Waals surface area (Å²) >= 11 is 26.2. The lowest BCUT2D eigenvalue weighted by Gasteiger charge is -2.12. The second-order valence-corrected chi connectivity index (χ2v) is 10.9. The Morgan fingerprint density at radius 3 is 2.32 bits per heavy atom. The Labute approximate surface area is 203 Å². The number of halogens is 4. The maximum absolute atomic E-state index is 12.7. The fraction of sp³-hybridized carbons (Fsp3) is 0.0500. The lowest BCUT2D eigenvalue weighted by molar-refractivity contribution is 0.601. The second kappa shape index (κ2) is 8.73. The monoisotopic (exact) mass is 531 g/mol. The average Bonchev–Trinajstić information content (AvgIpc) is 3.05. The van der Waals surface area contributed by atoms with Gasteiger partial charge in [0.15, 0.2) is 5.16 Å². The third-order valence-electron chi connectivity index (χ3n) is 4.25. The van der Waals surface area contributed by atoms with Crippen LogP contribution in [0.15, 0.2) is 63.5 Å². The first-order chi connectivity index (χ1) is 14.6. The highest BCUT2D eigenvalue weighted by Crippen LogP contribution is 2.40. The standard InChI is InChI=1S/C20H13Cl4N3O2S2/c1-10-2-5-18(13(22)6-10)31(28,29)27-12-8-14(23)19(15(24)9-12)30-20-25-16-4-3-11(21)7-17(16)26-20/h2-9,27H,1H3,(H,25,26). The first-order valence-electron chi connectivity index (χ1n) is 8.73. The van der Waals surface area contributed by atoms with Crippen LogP contribution < -0.4 is 4.72 Å². The van der Waals surface area contributed by atoms with Crippen molar-refractivity contribution in [2.24, 2.45) is 0 Å². The van der Waals surface area contributed by atoms with Crippen molar-refractivity contribution in [2.45, 2.75) is 21.9 Å². The van der Waals surface area contributed by atoms with Crippen molar-refractivity contribution in [3.8, 4) is 0 Å². The SMILES string of the molecule is Cc1ccc(S(=O)(=O)Nc2cc(Cl)c(Sc3nc4ccc(Cl)cc4[nH]3)c(Cl)c2)c(Cl)c1. The normalized spacial score (nSPS) is 11.8.